The van der Waals surface area contributed by atoms with E-state index in [-0.39, 0.29) is 17.3 Å². The predicted octanol–water partition coefficient (Wildman–Crippen LogP) is 3.90. The Kier molecular flexibility index (Phi) is 6.00. The summed E-state index contributed by atoms with van der Waals surface area (Å²) in [7, 11) is 1.26. The van der Waals surface area contributed by atoms with Gasteiger partial charge >= 0.3 is 5.97 Å². The molecule has 1 atom stereocenters. The lowest BCUT2D eigenvalue weighted by atomic mass is 10.0. The molecule has 29 heavy (non-hydrogen) atoms. The number of carbonyl (C=O) groups excluding carboxylic acids is 3. The van der Waals surface area contributed by atoms with Crippen molar-refractivity contribution < 1.29 is 23.5 Å². The van der Waals surface area contributed by atoms with E-state index in [0.717, 1.165) is 4.88 Å². The monoisotopic (exact) mass is 436 g/mol. The maximum absolute atomic E-state index is 13.3. The summed E-state index contributed by atoms with van der Waals surface area (Å²) in [5, 5.41) is 3.15. The molecule has 2 amide bonds. The average molecular weight is 437 g/mol. The van der Waals surface area contributed by atoms with Crippen LogP contribution in [0.1, 0.15) is 29.1 Å². The van der Waals surface area contributed by atoms with Gasteiger partial charge in [0.1, 0.15) is 22.4 Å². The van der Waals surface area contributed by atoms with Crippen LogP contribution >= 0.6 is 23.1 Å². The van der Waals surface area contributed by atoms with Crippen LogP contribution in [0, 0.1) is 12.7 Å². The van der Waals surface area contributed by atoms with Crippen LogP contribution in [0.25, 0.3) is 11.1 Å². The molecule has 9 heteroatoms. The van der Waals surface area contributed by atoms with Gasteiger partial charge in [-0.2, -0.15) is 0 Å². The normalized spacial score (nSPS) is 17.8. The second-order valence-corrected chi connectivity index (χ2v) is 9.86. The van der Waals surface area contributed by atoms with Crippen molar-refractivity contribution in [3.63, 3.8) is 0 Å². The summed E-state index contributed by atoms with van der Waals surface area (Å²) < 4.78 is 18.3. The van der Waals surface area contributed by atoms with Gasteiger partial charge in [0.05, 0.1) is 12.0 Å². The highest BCUT2D eigenvalue weighted by Crippen LogP contribution is 2.42. The molecule has 1 aromatic heterocycles. The third-order valence-electron chi connectivity index (χ3n) is 4.81. The van der Waals surface area contributed by atoms with Crippen LogP contribution in [0.4, 0.5) is 9.39 Å². The van der Waals surface area contributed by atoms with Crippen molar-refractivity contribution in [1.29, 1.82) is 0 Å². The standard InChI is InChI=1S/C20H21FN2O4S2/c1-11-15(12-5-7-13(21)8-6-12)16(19(26)27-4)18(29-11)22-17(25)14-9-28-20(2,3)23(14)10-24/h5-8,10,14H,9H2,1-4H3,(H,22,25). The Morgan fingerprint density at radius 1 is 1.31 bits per heavy atom. The SMILES string of the molecule is COC(=O)c1c(NC(=O)C2CSC(C)(C)N2C=O)sc(C)c1-c1ccc(F)cc1. The highest BCUT2D eigenvalue weighted by molar-refractivity contribution is 8.00. The first-order valence-electron chi connectivity index (χ1n) is 8.85. The average Bonchev–Trinajstić information content (AvgIpc) is 3.17. The fraction of sp³-hybridized carbons (Fsp3) is 0.350. The number of amides is 2. The number of hydrogen-bond acceptors (Lipinski definition) is 6. The van der Waals surface area contributed by atoms with Crippen molar-refractivity contribution in [2.75, 3.05) is 18.2 Å². The molecule has 2 aromatic rings. The fourth-order valence-electron chi connectivity index (χ4n) is 3.30. The maximum atomic E-state index is 13.3. The Bertz CT molecular complexity index is 956. The van der Waals surface area contributed by atoms with Gasteiger partial charge < -0.3 is 15.0 Å². The van der Waals surface area contributed by atoms with E-state index in [2.05, 4.69) is 5.32 Å². The van der Waals surface area contributed by atoms with Gasteiger partial charge in [0.25, 0.3) is 0 Å². The topological polar surface area (TPSA) is 75.7 Å². The molecule has 1 aliphatic heterocycles. The van der Waals surface area contributed by atoms with Crippen LogP contribution in [0.2, 0.25) is 0 Å². The minimum atomic E-state index is -0.644. The summed E-state index contributed by atoms with van der Waals surface area (Å²) in [5.74, 6) is -0.894. The maximum Gasteiger partial charge on any atom is 0.341 e. The van der Waals surface area contributed by atoms with Crippen molar-refractivity contribution >= 4 is 46.4 Å². The van der Waals surface area contributed by atoms with E-state index >= 15 is 0 Å². The molecule has 0 bridgehead atoms. The third kappa shape index (κ3) is 4.02. The highest BCUT2D eigenvalue weighted by Gasteiger charge is 2.43. The zero-order valence-electron chi connectivity index (χ0n) is 16.4. The smallest absolute Gasteiger partial charge is 0.341 e. The molecule has 1 fully saturated rings. The van der Waals surface area contributed by atoms with Gasteiger partial charge in [0, 0.05) is 16.2 Å². The van der Waals surface area contributed by atoms with E-state index in [0.29, 0.717) is 28.3 Å². The molecule has 0 saturated carbocycles. The molecule has 0 radical (unpaired) electrons. The van der Waals surface area contributed by atoms with Gasteiger partial charge in [0.15, 0.2) is 0 Å². The van der Waals surface area contributed by atoms with Gasteiger partial charge in [-0.15, -0.1) is 23.1 Å². The number of benzene rings is 1. The molecule has 0 spiro atoms. The Morgan fingerprint density at radius 2 is 1.97 bits per heavy atom. The third-order valence-corrected chi connectivity index (χ3v) is 7.23. The van der Waals surface area contributed by atoms with Crippen LogP contribution in [-0.2, 0) is 14.3 Å². The second kappa shape index (κ2) is 8.16. The molecular weight excluding hydrogens is 415 g/mol. The number of carbonyl (C=O) groups is 3. The van der Waals surface area contributed by atoms with E-state index < -0.39 is 16.9 Å². The highest BCUT2D eigenvalue weighted by atomic mass is 32.2. The Balaban J connectivity index is 1.99. The number of rotatable bonds is 5. The number of nitrogens with zero attached hydrogens (tertiary/aromatic N) is 1. The summed E-state index contributed by atoms with van der Waals surface area (Å²) in [4.78, 5) is 38.7. The number of halogens is 1. The second-order valence-electron chi connectivity index (χ2n) is 7.01. The molecule has 2 heterocycles. The van der Waals surface area contributed by atoms with Gasteiger partial charge in [0.2, 0.25) is 12.3 Å². The molecule has 1 aliphatic rings. The molecule has 1 N–H and O–H groups in total. The van der Waals surface area contributed by atoms with Crippen LogP contribution < -0.4 is 5.32 Å². The van der Waals surface area contributed by atoms with E-state index in [1.807, 2.05) is 20.8 Å². The zero-order chi connectivity index (χ0) is 21.3. The predicted molar refractivity (Wildman–Crippen MR) is 113 cm³/mol. The number of nitrogens with one attached hydrogen (secondary N) is 1. The van der Waals surface area contributed by atoms with Gasteiger partial charge in [-0.05, 0) is 38.5 Å². The first-order valence-corrected chi connectivity index (χ1v) is 10.7. The molecule has 1 saturated heterocycles. The number of aryl methyl sites for hydroxylation is 1. The molecular formula is C20H21FN2O4S2. The lowest BCUT2D eigenvalue weighted by Crippen LogP contribution is -2.47. The summed E-state index contributed by atoms with van der Waals surface area (Å²) >= 11 is 2.75. The first-order chi connectivity index (χ1) is 13.7. The number of thiophene rings is 1. The van der Waals surface area contributed by atoms with Gasteiger partial charge in [-0.25, -0.2) is 9.18 Å². The quantitative estimate of drug-likeness (QED) is 0.568. The molecule has 0 aliphatic carbocycles. The van der Waals surface area contributed by atoms with Crippen LogP contribution in [0.5, 0.6) is 0 Å². The van der Waals surface area contributed by atoms with Crippen molar-refractivity contribution in [3.05, 3.63) is 40.5 Å². The number of ether oxygens (including phenoxy) is 1. The molecule has 154 valence electrons. The van der Waals surface area contributed by atoms with Crippen LogP contribution in [0.3, 0.4) is 0 Å². The number of esters is 1. The van der Waals surface area contributed by atoms with E-state index in [1.165, 1.54) is 47.2 Å². The summed E-state index contributed by atoms with van der Waals surface area (Å²) in [5.41, 5.74) is 1.45. The molecule has 3 rings (SSSR count). The fourth-order valence-corrected chi connectivity index (χ4v) is 5.57. The van der Waals surface area contributed by atoms with E-state index in [4.69, 9.17) is 4.74 Å². The summed E-state index contributed by atoms with van der Waals surface area (Å²) in [6.07, 6.45) is 0.676. The molecule has 1 aromatic carbocycles. The van der Waals surface area contributed by atoms with E-state index in [9.17, 15) is 18.8 Å². The van der Waals surface area contributed by atoms with Crippen LogP contribution in [0.15, 0.2) is 24.3 Å². The van der Waals surface area contributed by atoms with Crippen molar-refractivity contribution in [2.45, 2.75) is 31.7 Å². The van der Waals surface area contributed by atoms with Crippen molar-refractivity contribution in [1.82, 2.24) is 4.90 Å². The van der Waals surface area contributed by atoms with Gasteiger partial charge in [-0.3, -0.25) is 9.59 Å². The summed E-state index contributed by atoms with van der Waals surface area (Å²) in [6, 6.07) is 5.13. The lowest BCUT2D eigenvalue weighted by molar-refractivity contribution is -0.130. The molecule has 6 nitrogen and oxygen atoms in total. The summed E-state index contributed by atoms with van der Waals surface area (Å²) in [6.45, 7) is 5.57. The van der Waals surface area contributed by atoms with Gasteiger partial charge in [-0.1, -0.05) is 12.1 Å². The number of thioether (sulfide) groups is 1. The Hall–Kier alpha value is -2.39. The zero-order valence-corrected chi connectivity index (χ0v) is 18.1. The number of methoxy groups -OCH3 is 1. The number of anilines is 1. The van der Waals surface area contributed by atoms with Crippen molar-refractivity contribution in [3.8, 4) is 11.1 Å². The Labute approximate surface area is 176 Å². The molecule has 1 unspecified atom stereocenters. The largest absolute Gasteiger partial charge is 0.465 e. The van der Waals surface area contributed by atoms with Crippen LogP contribution in [-0.4, -0.2) is 47.0 Å². The minimum absolute atomic E-state index is 0.220. The van der Waals surface area contributed by atoms with E-state index in [1.54, 1.807) is 12.1 Å². The lowest BCUT2D eigenvalue weighted by Gasteiger charge is -2.30. The first kappa shape index (κ1) is 21.3. The van der Waals surface area contributed by atoms with Crippen molar-refractivity contribution in [2.24, 2.45) is 0 Å². The minimum Gasteiger partial charge on any atom is -0.465 e. The number of hydrogen-bond donors (Lipinski definition) is 1. The Morgan fingerprint density at radius 3 is 2.55 bits per heavy atom.